The molecule has 0 saturated carbocycles. The maximum atomic E-state index is 10.8. The number of aromatic carboxylic acids is 1. The standard InChI is InChI=1S/C12H8N2O4S/c15-12(16)8-5-6-11(13-7-8)19-10-4-2-1-3-9(10)14(17)18/h1-7H,(H,15,16). The van der Waals surface area contributed by atoms with Crippen LogP contribution in [0.25, 0.3) is 0 Å². The monoisotopic (exact) mass is 276 g/mol. The van der Waals surface area contributed by atoms with Crippen LogP contribution in [0.2, 0.25) is 0 Å². The number of rotatable bonds is 4. The number of nitrogens with zero attached hydrogens (tertiary/aromatic N) is 2. The van der Waals surface area contributed by atoms with E-state index in [2.05, 4.69) is 4.98 Å². The van der Waals surface area contributed by atoms with Crippen LogP contribution < -0.4 is 0 Å². The summed E-state index contributed by atoms with van der Waals surface area (Å²) in [5.41, 5.74) is 0.0727. The van der Waals surface area contributed by atoms with E-state index in [1.807, 2.05) is 0 Å². The van der Waals surface area contributed by atoms with Gasteiger partial charge in [-0.25, -0.2) is 9.78 Å². The molecule has 1 aromatic carbocycles. The molecule has 0 saturated heterocycles. The fourth-order valence-corrected chi connectivity index (χ4v) is 2.23. The van der Waals surface area contributed by atoms with E-state index in [-0.39, 0.29) is 11.3 Å². The molecule has 0 amide bonds. The summed E-state index contributed by atoms with van der Waals surface area (Å²) in [6, 6.07) is 9.24. The lowest BCUT2D eigenvalue weighted by Gasteiger charge is -2.02. The molecule has 0 bridgehead atoms. The maximum Gasteiger partial charge on any atom is 0.337 e. The van der Waals surface area contributed by atoms with Gasteiger partial charge in [0.2, 0.25) is 0 Å². The molecule has 0 fully saturated rings. The third kappa shape index (κ3) is 3.08. The second-order valence-electron chi connectivity index (χ2n) is 3.52. The van der Waals surface area contributed by atoms with Crippen LogP contribution >= 0.6 is 11.8 Å². The van der Waals surface area contributed by atoms with Crippen molar-refractivity contribution in [1.82, 2.24) is 4.98 Å². The van der Waals surface area contributed by atoms with Crippen LogP contribution in [-0.4, -0.2) is 21.0 Å². The summed E-state index contributed by atoms with van der Waals surface area (Å²) in [5.74, 6) is -1.06. The van der Waals surface area contributed by atoms with Crippen molar-refractivity contribution in [3.63, 3.8) is 0 Å². The van der Waals surface area contributed by atoms with Gasteiger partial charge >= 0.3 is 5.97 Å². The number of aromatic nitrogens is 1. The predicted molar refractivity (Wildman–Crippen MR) is 68.4 cm³/mol. The van der Waals surface area contributed by atoms with Gasteiger partial charge in [-0.3, -0.25) is 10.1 Å². The molecule has 0 radical (unpaired) electrons. The molecule has 2 rings (SSSR count). The molecule has 0 aliphatic rings. The molecule has 2 aromatic rings. The highest BCUT2D eigenvalue weighted by Gasteiger charge is 2.14. The van der Waals surface area contributed by atoms with Gasteiger partial charge in [-0.05, 0) is 18.2 Å². The average molecular weight is 276 g/mol. The Morgan fingerprint density at radius 2 is 2.00 bits per heavy atom. The van der Waals surface area contributed by atoms with Gasteiger partial charge in [0, 0.05) is 12.3 Å². The molecule has 7 heteroatoms. The Balaban J connectivity index is 2.26. The lowest BCUT2D eigenvalue weighted by atomic mass is 10.3. The Morgan fingerprint density at radius 1 is 1.26 bits per heavy atom. The fraction of sp³-hybridized carbons (Fsp3) is 0. The Labute approximate surface area is 112 Å². The minimum absolute atomic E-state index is 0.00314. The number of nitro groups is 1. The molecule has 0 atom stereocenters. The summed E-state index contributed by atoms with van der Waals surface area (Å²) in [6.45, 7) is 0. The van der Waals surface area contributed by atoms with E-state index in [0.29, 0.717) is 9.92 Å². The van der Waals surface area contributed by atoms with E-state index < -0.39 is 10.9 Å². The van der Waals surface area contributed by atoms with Crippen LogP contribution in [0.4, 0.5) is 5.69 Å². The molecule has 1 heterocycles. The Morgan fingerprint density at radius 3 is 2.58 bits per heavy atom. The quantitative estimate of drug-likeness (QED) is 0.681. The zero-order valence-corrected chi connectivity index (χ0v) is 10.3. The number of hydrogen-bond donors (Lipinski definition) is 1. The van der Waals surface area contributed by atoms with Gasteiger partial charge in [-0.1, -0.05) is 23.9 Å². The number of para-hydroxylation sites is 1. The highest BCUT2D eigenvalue weighted by atomic mass is 32.2. The first kappa shape index (κ1) is 13.0. The van der Waals surface area contributed by atoms with Crippen molar-refractivity contribution in [3.8, 4) is 0 Å². The first-order chi connectivity index (χ1) is 9.08. The van der Waals surface area contributed by atoms with Gasteiger partial charge in [-0.2, -0.15) is 0 Å². The lowest BCUT2D eigenvalue weighted by Crippen LogP contribution is -1.96. The summed E-state index contributed by atoms with van der Waals surface area (Å²) in [4.78, 5) is 25.5. The average Bonchev–Trinajstić information content (AvgIpc) is 2.39. The number of carboxylic acids is 1. The first-order valence-corrected chi connectivity index (χ1v) is 6.00. The third-order valence-electron chi connectivity index (χ3n) is 2.26. The molecule has 0 unspecified atom stereocenters. The van der Waals surface area contributed by atoms with E-state index in [1.165, 1.54) is 24.4 Å². The van der Waals surface area contributed by atoms with Crippen molar-refractivity contribution < 1.29 is 14.8 Å². The summed E-state index contributed by atoms with van der Waals surface area (Å²) >= 11 is 1.12. The summed E-state index contributed by atoms with van der Waals surface area (Å²) in [6.07, 6.45) is 1.22. The highest BCUT2D eigenvalue weighted by molar-refractivity contribution is 7.99. The molecule has 0 aliphatic heterocycles. The minimum Gasteiger partial charge on any atom is -0.478 e. The van der Waals surface area contributed by atoms with Crippen LogP contribution in [0.3, 0.4) is 0 Å². The Bertz CT molecular complexity index is 628. The third-order valence-corrected chi connectivity index (χ3v) is 3.28. The highest BCUT2D eigenvalue weighted by Crippen LogP contribution is 2.33. The summed E-state index contributed by atoms with van der Waals surface area (Å²) in [5, 5.41) is 20.1. The van der Waals surface area contributed by atoms with Gasteiger partial charge in [0.05, 0.1) is 15.4 Å². The van der Waals surface area contributed by atoms with Crippen molar-refractivity contribution >= 4 is 23.4 Å². The normalized spacial score (nSPS) is 10.1. The van der Waals surface area contributed by atoms with E-state index in [4.69, 9.17) is 5.11 Å². The number of hydrogen-bond acceptors (Lipinski definition) is 5. The molecular weight excluding hydrogens is 268 g/mol. The lowest BCUT2D eigenvalue weighted by molar-refractivity contribution is -0.387. The van der Waals surface area contributed by atoms with Crippen molar-refractivity contribution in [2.75, 3.05) is 0 Å². The number of carbonyl (C=O) groups is 1. The SMILES string of the molecule is O=C(O)c1ccc(Sc2ccccc2[N+](=O)[O-])nc1. The number of pyridine rings is 1. The van der Waals surface area contributed by atoms with Crippen LogP contribution in [0, 0.1) is 10.1 Å². The van der Waals surface area contributed by atoms with Gasteiger partial charge < -0.3 is 5.11 Å². The molecule has 96 valence electrons. The smallest absolute Gasteiger partial charge is 0.337 e. The zero-order chi connectivity index (χ0) is 13.8. The Hall–Kier alpha value is -2.41. The van der Waals surface area contributed by atoms with Crippen molar-refractivity contribution in [2.45, 2.75) is 9.92 Å². The van der Waals surface area contributed by atoms with E-state index in [1.54, 1.807) is 18.2 Å². The summed E-state index contributed by atoms with van der Waals surface area (Å²) in [7, 11) is 0. The van der Waals surface area contributed by atoms with E-state index in [0.717, 1.165) is 11.8 Å². The molecular formula is C12H8N2O4S. The topological polar surface area (TPSA) is 93.3 Å². The van der Waals surface area contributed by atoms with Gasteiger partial charge in [-0.15, -0.1) is 0 Å². The molecule has 0 aliphatic carbocycles. The first-order valence-electron chi connectivity index (χ1n) is 5.18. The number of nitro benzene ring substituents is 1. The molecule has 6 nitrogen and oxygen atoms in total. The molecule has 19 heavy (non-hydrogen) atoms. The second kappa shape index (κ2) is 5.49. The maximum absolute atomic E-state index is 10.8. The summed E-state index contributed by atoms with van der Waals surface area (Å²) < 4.78 is 0. The Kier molecular flexibility index (Phi) is 3.76. The number of benzene rings is 1. The van der Waals surface area contributed by atoms with Crippen LogP contribution in [0.5, 0.6) is 0 Å². The van der Waals surface area contributed by atoms with Crippen LogP contribution in [0.1, 0.15) is 10.4 Å². The number of carboxylic acid groups (broad SMARTS) is 1. The molecule has 0 spiro atoms. The van der Waals surface area contributed by atoms with Gasteiger partial charge in [0.25, 0.3) is 5.69 Å². The van der Waals surface area contributed by atoms with Gasteiger partial charge in [0.15, 0.2) is 0 Å². The van der Waals surface area contributed by atoms with Crippen LogP contribution in [-0.2, 0) is 0 Å². The van der Waals surface area contributed by atoms with Crippen molar-refractivity contribution in [2.24, 2.45) is 0 Å². The van der Waals surface area contributed by atoms with E-state index >= 15 is 0 Å². The molecule has 1 aromatic heterocycles. The van der Waals surface area contributed by atoms with Crippen LogP contribution in [0.15, 0.2) is 52.5 Å². The van der Waals surface area contributed by atoms with E-state index in [9.17, 15) is 14.9 Å². The minimum atomic E-state index is -1.06. The second-order valence-corrected chi connectivity index (χ2v) is 4.58. The zero-order valence-electron chi connectivity index (χ0n) is 9.52. The molecule has 1 N–H and O–H groups in total. The predicted octanol–water partition coefficient (Wildman–Crippen LogP) is 2.84. The van der Waals surface area contributed by atoms with Crippen molar-refractivity contribution in [3.05, 3.63) is 58.3 Å². The largest absolute Gasteiger partial charge is 0.478 e. The fourth-order valence-electron chi connectivity index (χ4n) is 1.37. The van der Waals surface area contributed by atoms with Crippen molar-refractivity contribution in [1.29, 1.82) is 0 Å². The van der Waals surface area contributed by atoms with Gasteiger partial charge in [0.1, 0.15) is 5.03 Å².